The van der Waals surface area contributed by atoms with Gasteiger partial charge in [-0.2, -0.15) is 0 Å². The molecule has 3 heteroatoms. The fraction of sp³-hybridized carbons (Fsp3) is 0.200. The number of hydrogen-bond acceptors (Lipinski definition) is 2. The van der Waals surface area contributed by atoms with Gasteiger partial charge in [0.05, 0.1) is 6.61 Å². The first-order valence-corrected chi connectivity index (χ1v) is 5.93. The van der Waals surface area contributed by atoms with Crippen LogP contribution in [-0.2, 0) is 0 Å². The lowest BCUT2D eigenvalue weighted by Crippen LogP contribution is -2.20. The summed E-state index contributed by atoms with van der Waals surface area (Å²) >= 11 is 0. The molecular formula is C15H16ClNO. The van der Waals surface area contributed by atoms with Gasteiger partial charge in [-0.05, 0) is 5.56 Å². The number of fused-ring (bicyclic) bond motifs is 1. The van der Waals surface area contributed by atoms with E-state index in [4.69, 9.17) is 10.5 Å². The van der Waals surface area contributed by atoms with Gasteiger partial charge in [0.1, 0.15) is 5.75 Å². The fourth-order valence-corrected chi connectivity index (χ4v) is 2.30. The average Bonchev–Trinajstić information content (AvgIpc) is 2.40. The standard InChI is InChI=1S/C15H15NO.ClH/c16-14-9-10-17-15-12(7-4-8-13(14)15)11-5-2-1-3-6-11;/h1-8,14H,9-10,16H2;1H. The summed E-state index contributed by atoms with van der Waals surface area (Å²) in [4.78, 5) is 0. The molecule has 3 rings (SSSR count). The van der Waals surface area contributed by atoms with Crippen molar-refractivity contribution in [1.29, 1.82) is 0 Å². The number of rotatable bonds is 1. The molecule has 0 radical (unpaired) electrons. The predicted octanol–water partition coefficient (Wildman–Crippen LogP) is 3.56. The highest BCUT2D eigenvalue weighted by atomic mass is 35.5. The molecule has 1 aliphatic rings. The highest BCUT2D eigenvalue weighted by Gasteiger charge is 2.20. The Kier molecular flexibility index (Phi) is 3.90. The fourth-order valence-electron chi connectivity index (χ4n) is 2.30. The average molecular weight is 262 g/mol. The molecule has 1 atom stereocenters. The van der Waals surface area contributed by atoms with Crippen molar-refractivity contribution >= 4 is 12.4 Å². The maximum Gasteiger partial charge on any atom is 0.131 e. The Morgan fingerprint density at radius 3 is 2.56 bits per heavy atom. The first-order chi connectivity index (χ1) is 8.36. The molecule has 0 bridgehead atoms. The summed E-state index contributed by atoms with van der Waals surface area (Å²) in [5.74, 6) is 0.956. The summed E-state index contributed by atoms with van der Waals surface area (Å²) in [5.41, 5.74) is 9.55. The molecular weight excluding hydrogens is 246 g/mol. The third-order valence-electron chi connectivity index (χ3n) is 3.21. The quantitative estimate of drug-likeness (QED) is 0.852. The van der Waals surface area contributed by atoms with Crippen LogP contribution >= 0.6 is 12.4 Å². The molecule has 94 valence electrons. The van der Waals surface area contributed by atoms with E-state index in [1.165, 1.54) is 5.56 Å². The van der Waals surface area contributed by atoms with Crippen molar-refractivity contribution in [3.05, 3.63) is 54.1 Å². The van der Waals surface area contributed by atoms with Gasteiger partial charge in [0.25, 0.3) is 0 Å². The molecule has 0 aliphatic carbocycles. The summed E-state index contributed by atoms with van der Waals surface area (Å²) in [6, 6.07) is 16.6. The van der Waals surface area contributed by atoms with E-state index in [-0.39, 0.29) is 18.4 Å². The zero-order chi connectivity index (χ0) is 11.7. The van der Waals surface area contributed by atoms with Crippen LogP contribution < -0.4 is 10.5 Å². The molecule has 0 amide bonds. The summed E-state index contributed by atoms with van der Waals surface area (Å²) in [5, 5.41) is 0. The smallest absolute Gasteiger partial charge is 0.131 e. The van der Waals surface area contributed by atoms with Crippen LogP contribution in [0.2, 0.25) is 0 Å². The van der Waals surface area contributed by atoms with Crippen LogP contribution in [-0.4, -0.2) is 6.61 Å². The third-order valence-corrected chi connectivity index (χ3v) is 3.21. The minimum absolute atomic E-state index is 0. The molecule has 0 spiro atoms. The third kappa shape index (κ3) is 2.22. The summed E-state index contributed by atoms with van der Waals surface area (Å²) < 4.78 is 5.80. The number of nitrogens with two attached hydrogens (primary N) is 1. The van der Waals surface area contributed by atoms with E-state index in [1.54, 1.807) is 0 Å². The lowest BCUT2D eigenvalue weighted by Gasteiger charge is -2.25. The van der Waals surface area contributed by atoms with Crippen LogP contribution in [0.5, 0.6) is 5.75 Å². The molecule has 18 heavy (non-hydrogen) atoms. The second kappa shape index (κ2) is 5.42. The van der Waals surface area contributed by atoms with Crippen LogP contribution in [0.4, 0.5) is 0 Å². The van der Waals surface area contributed by atoms with Gasteiger partial charge in [-0.15, -0.1) is 12.4 Å². The Balaban J connectivity index is 0.00000120. The number of halogens is 1. The van der Waals surface area contributed by atoms with Gasteiger partial charge in [-0.25, -0.2) is 0 Å². The van der Waals surface area contributed by atoms with Crippen molar-refractivity contribution in [2.45, 2.75) is 12.5 Å². The molecule has 2 nitrogen and oxygen atoms in total. The first-order valence-electron chi connectivity index (χ1n) is 5.93. The summed E-state index contributed by atoms with van der Waals surface area (Å²) in [7, 11) is 0. The Hall–Kier alpha value is -1.51. The van der Waals surface area contributed by atoms with Crippen LogP contribution in [0.25, 0.3) is 11.1 Å². The van der Waals surface area contributed by atoms with Crippen molar-refractivity contribution in [3.8, 4) is 16.9 Å². The molecule has 0 saturated heterocycles. The topological polar surface area (TPSA) is 35.2 Å². The van der Waals surface area contributed by atoms with Crippen LogP contribution in [0.3, 0.4) is 0 Å². The van der Waals surface area contributed by atoms with Crippen molar-refractivity contribution in [3.63, 3.8) is 0 Å². The molecule has 2 N–H and O–H groups in total. The van der Waals surface area contributed by atoms with Crippen molar-refractivity contribution in [2.24, 2.45) is 5.73 Å². The first kappa shape index (κ1) is 12.9. The van der Waals surface area contributed by atoms with Crippen LogP contribution in [0, 0.1) is 0 Å². The second-order valence-electron chi connectivity index (χ2n) is 4.33. The van der Waals surface area contributed by atoms with E-state index < -0.39 is 0 Å². The maximum absolute atomic E-state index is 6.11. The maximum atomic E-state index is 6.11. The Morgan fingerprint density at radius 2 is 1.78 bits per heavy atom. The minimum Gasteiger partial charge on any atom is -0.493 e. The Morgan fingerprint density at radius 1 is 1.00 bits per heavy atom. The second-order valence-corrected chi connectivity index (χ2v) is 4.33. The van der Waals surface area contributed by atoms with Gasteiger partial charge in [-0.3, -0.25) is 0 Å². The monoisotopic (exact) mass is 261 g/mol. The molecule has 1 unspecified atom stereocenters. The van der Waals surface area contributed by atoms with Gasteiger partial charge in [0.15, 0.2) is 0 Å². The zero-order valence-electron chi connectivity index (χ0n) is 10.0. The van der Waals surface area contributed by atoms with E-state index >= 15 is 0 Å². The number of para-hydroxylation sites is 1. The molecule has 2 aromatic rings. The lowest BCUT2D eigenvalue weighted by molar-refractivity contribution is 0.270. The molecule has 0 saturated carbocycles. The van der Waals surface area contributed by atoms with Gasteiger partial charge >= 0.3 is 0 Å². The van der Waals surface area contributed by atoms with Gasteiger partial charge in [0, 0.05) is 23.6 Å². The SMILES string of the molecule is Cl.NC1CCOc2c(-c3ccccc3)cccc21. The minimum atomic E-state index is 0. The predicted molar refractivity (Wildman–Crippen MR) is 76.2 cm³/mol. The van der Waals surface area contributed by atoms with Gasteiger partial charge in [0.2, 0.25) is 0 Å². The number of ether oxygens (including phenoxy) is 1. The van der Waals surface area contributed by atoms with Gasteiger partial charge in [-0.1, -0.05) is 48.5 Å². The largest absolute Gasteiger partial charge is 0.493 e. The van der Waals surface area contributed by atoms with Crippen molar-refractivity contribution in [1.82, 2.24) is 0 Å². The van der Waals surface area contributed by atoms with Crippen molar-refractivity contribution in [2.75, 3.05) is 6.61 Å². The number of hydrogen-bond donors (Lipinski definition) is 1. The normalized spacial score (nSPS) is 17.3. The molecule has 1 heterocycles. The Labute approximate surface area is 113 Å². The lowest BCUT2D eigenvalue weighted by atomic mass is 9.95. The van der Waals surface area contributed by atoms with E-state index in [2.05, 4.69) is 30.3 Å². The Bertz CT molecular complexity index is 527. The van der Waals surface area contributed by atoms with E-state index in [9.17, 15) is 0 Å². The highest BCUT2D eigenvalue weighted by molar-refractivity contribution is 5.85. The van der Waals surface area contributed by atoms with E-state index in [1.807, 2.05) is 18.2 Å². The molecule has 0 fully saturated rings. The van der Waals surface area contributed by atoms with E-state index in [0.29, 0.717) is 6.61 Å². The van der Waals surface area contributed by atoms with Crippen molar-refractivity contribution < 1.29 is 4.74 Å². The molecule has 2 aromatic carbocycles. The number of benzene rings is 2. The summed E-state index contributed by atoms with van der Waals surface area (Å²) in [6.07, 6.45) is 0.894. The highest BCUT2D eigenvalue weighted by Crippen LogP contribution is 2.38. The molecule has 1 aliphatic heterocycles. The zero-order valence-corrected chi connectivity index (χ0v) is 10.8. The van der Waals surface area contributed by atoms with Gasteiger partial charge < -0.3 is 10.5 Å². The van der Waals surface area contributed by atoms with Crippen LogP contribution in [0.1, 0.15) is 18.0 Å². The molecule has 0 aromatic heterocycles. The van der Waals surface area contributed by atoms with Crippen LogP contribution in [0.15, 0.2) is 48.5 Å². The summed E-state index contributed by atoms with van der Waals surface area (Å²) in [6.45, 7) is 0.706. The van der Waals surface area contributed by atoms with E-state index in [0.717, 1.165) is 23.3 Å².